The van der Waals surface area contributed by atoms with Crippen molar-refractivity contribution in [3.63, 3.8) is 0 Å². The number of rotatable bonds is 11. The summed E-state index contributed by atoms with van der Waals surface area (Å²) in [5, 5.41) is 15.2. The van der Waals surface area contributed by atoms with Crippen LogP contribution in [-0.2, 0) is 16.0 Å². The Kier molecular flexibility index (Phi) is 9.00. The van der Waals surface area contributed by atoms with Gasteiger partial charge in [0.2, 0.25) is 5.88 Å². The quantitative estimate of drug-likeness (QED) is 0.399. The maximum Gasteiger partial charge on any atom is 0.232 e. The molecule has 3 atom stereocenters. The fraction of sp³-hybridized carbons (Fsp3) is 0.593. The van der Waals surface area contributed by atoms with Crippen molar-refractivity contribution >= 4 is 5.88 Å². The van der Waals surface area contributed by atoms with Crippen molar-refractivity contribution in [2.45, 2.75) is 63.8 Å². The van der Waals surface area contributed by atoms with E-state index in [4.69, 9.17) is 20.4 Å². The SMILES string of the molecule is C#CCOCC(O)CN(Cc1c(-c2ccccc2)noc1N1CCCCC1C)CC1CCCO1. The van der Waals surface area contributed by atoms with Crippen LogP contribution >= 0.6 is 0 Å². The minimum atomic E-state index is -0.646. The number of aliphatic hydroxyl groups excluding tert-OH is 1. The summed E-state index contributed by atoms with van der Waals surface area (Å²) < 4.78 is 17.3. The highest BCUT2D eigenvalue weighted by molar-refractivity contribution is 5.68. The number of aromatic nitrogens is 1. The summed E-state index contributed by atoms with van der Waals surface area (Å²) >= 11 is 0. The van der Waals surface area contributed by atoms with Crippen LogP contribution in [0.3, 0.4) is 0 Å². The third-order valence-corrected chi connectivity index (χ3v) is 6.71. The van der Waals surface area contributed by atoms with Crippen LogP contribution in [0.2, 0.25) is 0 Å². The minimum Gasteiger partial charge on any atom is -0.389 e. The Bertz CT molecular complexity index is 920. The van der Waals surface area contributed by atoms with Gasteiger partial charge in [0.05, 0.1) is 24.4 Å². The van der Waals surface area contributed by atoms with Crippen LogP contribution in [0.15, 0.2) is 34.9 Å². The molecule has 0 spiro atoms. The second-order valence-electron chi connectivity index (χ2n) is 9.42. The number of terminal acetylenes is 1. The smallest absolute Gasteiger partial charge is 0.232 e. The first-order valence-electron chi connectivity index (χ1n) is 12.5. The number of benzene rings is 1. The predicted molar refractivity (Wildman–Crippen MR) is 133 cm³/mol. The summed E-state index contributed by atoms with van der Waals surface area (Å²) in [4.78, 5) is 4.60. The number of nitrogens with zero attached hydrogens (tertiary/aromatic N) is 3. The average molecular weight is 468 g/mol. The molecule has 0 radical (unpaired) electrons. The monoisotopic (exact) mass is 467 g/mol. The second-order valence-corrected chi connectivity index (χ2v) is 9.42. The summed E-state index contributed by atoms with van der Waals surface area (Å²) in [6, 6.07) is 10.6. The van der Waals surface area contributed by atoms with Gasteiger partial charge in [-0.15, -0.1) is 6.42 Å². The molecule has 34 heavy (non-hydrogen) atoms. The molecule has 4 rings (SSSR count). The lowest BCUT2D eigenvalue weighted by atomic mass is 10.0. The molecule has 0 amide bonds. The lowest BCUT2D eigenvalue weighted by Gasteiger charge is -2.34. The van der Waals surface area contributed by atoms with E-state index in [1.54, 1.807) is 0 Å². The maximum absolute atomic E-state index is 10.7. The van der Waals surface area contributed by atoms with Crippen molar-refractivity contribution in [2.75, 3.05) is 44.4 Å². The average Bonchev–Trinajstić information content (AvgIpc) is 3.50. The zero-order chi connectivity index (χ0) is 23.8. The molecular weight excluding hydrogens is 430 g/mol. The molecule has 2 aliphatic rings. The van der Waals surface area contributed by atoms with Crippen LogP contribution in [0.1, 0.15) is 44.6 Å². The van der Waals surface area contributed by atoms with Crippen LogP contribution in [0.4, 0.5) is 5.88 Å². The summed E-state index contributed by atoms with van der Waals surface area (Å²) in [6.07, 6.45) is 10.4. The molecule has 184 valence electrons. The molecule has 1 aromatic carbocycles. The summed E-state index contributed by atoms with van der Waals surface area (Å²) in [6.45, 7) is 6.22. The van der Waals surface area contributed by atoms with Gasteiger partial charge < -0.3 is 24.0 Å². The van der Waals surface area contributed by atoms with E-state index in [1.807, 2.05) is 18.2 Å². The Morgan fingerprint density at radius 1 is 1.26 bits per heavy atom. The summed E-state index contributed by atoms with van der Waals surface area (Å²) in [5.41, 5.74) is 2.96. The van der Waals surface area contributed by atoms with Crippen molar-refractivity contribution in [1.29, 1.82) is 0 Å². The van der Waals surface area contributed by atoms with Gasteiger partial charge >= 0.3 is 0 Å². The Balaban J connectivity index is 1.61. The second kappa shape index (κ2) is 12.4. The molecule has 0 bridgehead atoms. The first-order valence-corrected chi connectivity index (χ1v) is 12.5. The number of piperidine rings is 1. The van der Waals surface area contributed by atoms with Crippen molar-refractivity contribution < 1.29 is 19.1 Å². The third kappa shape index (κ3) is 6.39. The van der Waals surface area contributed by atoms with Gasteiger partial charge in [-0.3, -0.25) is 4.90 Å². The molecule has 2 saturated heterocycles. The van der Waals surface area contributed by atoms with E-state index in [1.165, 1.54) is 6.42 Å². The molecule has 3 unspecified atom stereocenters. The van der Waals surface area contributed by atoms with Crippen LogP contribution in [0, 0.1) is 12.3 Å². The molecule has 2 aliphatic heterocycles. The van der Waals surface area contributed by atoms with Gasteiger partial charge in [-0.05, 0) is 39.0 Å². The van der Waals surface area contributed by atoms with Gasteiger partial charge in [0.25, 0.3) is 0 Å². The van der Waals surface area contributed by atoms with E-state index in [9.17, 15) is 5.11 Å². The van der Waals surface area contributed by atoms with Gasteiger partial charge in [-0.2, -0.15) is 0 Å². The zero-order valence-electron chi connectivity index (χ0n) is 20.2. The molecule has 1 N–H and O–H groups in total. The lowest BCUT2D eigenvalue weighted by Crippen LogP contribution is -2.40. The van der Waals surface area contributed by atoms with E-state index in [-0.39, 0.29) is 19.3 Å². The molecule has 7 heteroatoms. The largest absolute Gasteiger partial charge is 0.389 e. The van der Waals surface area contributed by atoms with Crippen molar-refractivity contribution in [3.05, 3.63) is 35.9 Å². The molecule has 2 aromatic rings. The zero-order valence-corrected chi connectivity index (χ0v) is 20.2. The molecule has 3 heterocycles. The fourth-order valence-electron chi connectivity index (χ4n) is 5.00. The summed E-state index contributed by atoms with van der Waals surface area (Å²) in [5.74, 6) is 3.30. The van der Waals surface area contributed by atoms with Crippen LogP contribution in [-0.4, -0.2) is 72.9 Å². The van der Waals surface area contributed by atoms with E-state index < -0.39 is 6.10 Å². The number of hydrogen-bond donors (Lipinski definition) is 1. The predicted octanol–water partition coefficient (Wildman–Crippen LogP) is 3.71. The molecule has 7 nitrogen and oxygen atoms in total. The molecule has 2 fully saturated rings. The van der Waals surface area contributed by atoms with E-state index in [0.717, 1.165) is 68.1 Å². The molecule has 1 aromatic heterocycles. The molecular formula is C27H37N3O4. The van der Waals surface area contributed by atoms with E-state index in [0.29, 0.717) is 19.1 Å². The highest BCUT2D eigenvalue weighted by atomic mass is 16.5. The molecule has 0 aliphatic carbocycles. The van der Waals surface area contributed by atoms with Crippen molar-refractivity contribution in [1.82, 2.24) is 10.1 Å². The first kappa shape index (κ1) is 24.7. The number of ether oxygens (including phenoxy) is 2. The topological polar surface area (TPSA) is 71.2 Å². The lowest BCUT2D eigenvalue weighted by molar-refractivity contribution is 0.00957. The first-order chi connectivity index (χ1) is 16.7. The highest BCUT2D eigenvalue weighted by Crippen LogP contribution is 2.35. The van der Waals surface area contributed by atoms with Crippen LogP contribution in [0.5, 0.6) is 0 Å². The Hall–Kier alpha value is -2.37. The molecule has 0 saturated carbocycles. The Morgan fingerprint density at radius 3 is 2.85 bits per heavy atom. The fourth-order valence-corrected chi connectivity index (χ4v) is 5.00. The third-order valence-electron chi connectivity index (χ3n) is 6.71. The summed E-state index contributed by atoms with van der Waals surface area (Å²) in [7, 11) is 0. The van der Waals surface area contributed by atoms with Crippen molar-refractivity contribution in [3.8, 4) is 23.6 Å². The normalized spacial score (nSPS) is 21.6. The van der Waals surface area contributed by atoms with E-state index in [2.05, 4.69) is 39.9 Å². The Labute approximate surface area is 203 Å². The Morgan fingerprint density at radius 2 is 2.12 bits per heavy atom. The van der Waals surface area contributed by atoms with Gasteiger partial charge in [-0.25, -0.2) is 0 Å². The van der Waals surface area contributed by atoms with Gasteiger partial charge in [-0.1, -0.05) is 41.4 Å². The number of hydrogen-bond acceptors (Lipinski definition) is 7. The maximum atomic E-state index is 10.7. The number of aliphatic hydroxyl groups is 1. The van der Waals surface area contributed by atoms with Gasteiger partial charge in [0.1, 0.15) is 12.3 Å². The van der Waals surface area contributed by atoms with Crippen molar-refractivity contribution in [2.24, 2.45) is 0 Å². The van der Waals surface area contributed by atoms with Gasteiger partial charge in [0, 0.05) is 44.4 Å². The number of anilines is 1. The van der Waals surface area contributed by atoms with Crippen LogP contribution < -0.4 is 4.90 Å². The van der Waals surface area contributed by atoms with Crippen LogP contribution in [0.25, 0.3) is 11.3 Å². The van der Waals surface area contributed by atoms with Gasteiger partial charge in [0.15, 0.2) is 0 Å². The minimum absolute atomic E-state index is 0.163. The van der Waals surface area contributed by atoms with E-state index >= 15 is 0 Å². The standard InChI is InChI=1S/C27H37N3O4/c1-3-15-32-20-23(31)17-29(18-24-13-9-16-33-24)19-25-26(22-11-5-4-6-12-22)28-34-27(25)30-14-8-7-10-21(30)2/h1,4-6,11-12,21,23-24,31H,7-10,13-20H2,2H3. The highest BCUT2D eigenvalue weighted by Gasteiger charge is 2.30.